The molecule has 0 bridgehead atoms. The number of hydrogen-bond acceptors (Lipinski definition) is 8. The molecule has 5 rings (SSSR count). The van der Waals surface area contributed by atoms with Gasteiger partial charge in [0.05, 0.1) is 10.8 Å². The maximum atomic E-state index is 4.61. The van der Waals surface area contributed by atoms with Crippen LogP contribution >= 0.6 is 22.7 Å². The standard InChI is InChI=1S/C19H20N6S2/c1-3-13-9-15-17(21-11-23-19(15)27-13)25-6-4-24(5-7-25)16-14-8-12(2)26-18(14)22-10-20-16/h8-11H,3-7H2,1-2H3. The molecule has 1 fully saturated rings. The Hall–Kier alpha value is -2.32. The third kappa shape index (κ3) is 2.93. The van der Waals surface area contributed by atoms with Crippen molar-refractivity contribution in [3.8, 4) is 0 Å². The first-order valence-electron chi connectivity index (χ1n) is 9.17. The van der Waals surface area contributed by atoms with Gasteiger partial charge in [-0.1, -0.05) is 6.92 Å². The summed E-state index contributed by atoms with van der Waals surface area (Å²) in [4.78, 5) is 27.6. The Morgan fingerprint density at radius 1 is 0.815 bits per heavy atom. The Kier molecular flexibility index (Phi) is 4.17. The normalized spacial score (nSPS) is 15.2. The summed E-state index contributed by atoms with van der Waals surface area (Å²) in [5, 5.41) is 2.36. The highest BCUT2D eigenvalue weighted by molar-refractivity contribution is 7.19. The lowest BCUT2D eigenvalue weighted by molar-refractivity contribution is 0.644. The number of nitrogens with zero attached hydrogens (tertiary/aromatic N) is 6. The van der Waals surface area contributed by atoms with Crippen LogP contribution in [0, 0.1) is 6.92 Å². The smallest absolute Gasteiger partial charge is 0.140 e. The molecule has 0 atom stereocenters. The van der Waals surface area contributed by atoms with Gasteiger partial charge in [0, 0.05) is 35.9 Å². The zero-order chi connectivity index (χ0) is 18.4. The molecule has 27 heavy (non-hydrogen) atoms. The van der Waals surface area contributed by atoms with Crippen LogP contribution in [0.5, 0.6) is 0 Å². The average molecular weight is 397 g/mol. The fourth-order valence-corrected chi connectivity index (χ4v) is 5.44. The molecule has 0 saturated carbocycles. The summed E-state index contributed by atoms with van der Waals surface area (Å²) in [5.74, 6) is 2.12. The van der Waals surface area contributed by atoms with Crippen molar-refractivity contribution in [1.82, 2.24) is 19.9 Å². The summed E-state index contributed by atoms with van der Waals surface area (Å²) in [6, 6.07) is 4.46. The zero-order valence-corrected chi connectivity index (χ0v) is 17.0. The van der Waals surface area contributed by atoms with Crippen LogP contribution in [0.4, 0.5) is 11.6 Å². The highest BCUT2D eigenvalue weighted by Crippen LogP contribution is 2.33. The number of rotatable bonds is 3. The minimum atomic E-state index is 0.928. The third-order valence-electron chi connectivity index (χ3n) is 5.02. The van der Waals surface area contributed by atoms with Crippen LogP contribution in [0.15, 0.2) is 24.8 Å². The molecule has 1 saturated heterocycles. The monoisotopic (exact) mass is 396 g/mol. The quantitative estimate of drug-likeness (QED) is 0.524. The van der Waals surface area contributed by atoms with E-state index in [4.69, 9.17) is 0 Å². The van der Waals surface area contributed by atoms with Crippen molar-refractivity contribution in [2.45, 2.75) is 20.3 Å². The van der Waals surface area contributed by atoms with Gasteiger partial charge in [0.1, 0.15) is 34.0 Å². The van der Waals surface area contributed by atoms with Crippen molar-refractivity contribution in [3.05, 3.63) is 34.5 Å². The second-order valence-electron chi connectivity index (χ2n) is 6.73. The Labute approximate surface area is 165 Å². The molecular weight excluding hydrogens is 376 g/mol. The van der Waals surface area contributed by atoms with Crippen LogP contribution in [-0.4, -0.2) is 46.1 Å². The number of thiophene rings is 2. The molecule has 0 spiro atoms. The van der Waals surface area contributed by atoms with E-state index in [1.165, 1.54) is 20.5 Å². The molecule has 0 aliphatic carbocycles. The van der Waals surface area contributed by atoms with E-state index >= 15 is 0 Å². The Morgan fingerprint density at radius 3 is 1.96 bits per heavy atom. The van der Waals surface area contributed by atoms with Gasteiger partial charge in [-0.25, -0.2) is 19.9 Å². The largest absolute Gasteiger partial charge is 0.352 e. The molecule has 138 valence electrons. The molecule has 0 radical (unpaired) electrons. The van der Waals surface area contributed by atoms with E-state index in [1.807, 2.05) is 0 Å². The van der Waals surface area contributed by atoms with Gasteiger partial charge >= 0.3 is 0 Å². The highest BCUT2D eigenvalue weighted by Gasteiger charge is 2.23. The first-order chi connectivity index (χ1) is 13.2. The fourth-order valence-electron chi connectivity index (χ4n) is 3.66. The average Bonchev–Trinajstić information content (AvgIpc) is 3.29. The van der Waals surface area contributed by atoms with Crippen molar-refractivity contribution in [3.63, 3.8) is 0 Å². The van der Waals surface area contributed by atoms with Crippen LogP contribution in [0.1, 0.15) is 16.7 Å². The molecule has 0 amide bonds. The summed E-state index contributed by atoms with van der Waals surface area (Å²) in [6.45, 7) is 8.02. The van der Waals surface area contributed by atoms with Gasteiger partial charge in [-0.2, -0.15) is 0 Å². The van der Waals surface area contributed by atoms with E-state index in [-0.39, 0.29) is 0 Å². The lowest BCUT2D eigenvalue weighted by Gasteiger charge is -2.36. The summed E-state index contributed by atoms with van der Waals surface area (Å²) >= 11 is 3.50. The maximum Gasteiger partial charge on any atom is 0.140 e. The highest BCUT2D eigenvalue weighted by atomic mass is 32.1. The molecular formula is C19H20N6S2. The van der Waals surface area contributed by atoms with E-state index in [1.54, 1.807) is 35.3 Å². The second kappa shape index (κ2) is 6.69. The molecule has 4 aromatic rings. The van der Waals surface area contributed by atoms with E-state index < -0.39 is 0 Å². The zero-order valence-electron chi connectivity index (χ0n) is 15.3. The van der Waals surface area contributed by atoms with Gasteiger partial charge < -0.3 is 9.80 Å². The topological polar surface area (TPSA) is 58.0 Å². The fraction of sp³-hybridized carbons (Fsp3) is 0.368. The van der Waals surface area contributed by atoms with Crippen LogP contribution in [0.2, 0.25) is 0 Å². The number of fused-ring (bicyclic) bond motifs is 2. The Bertz CT molecular complexity index is 1110. The lowest BCUT2D eigenvalue weighted by atomic mass is 10.2. The molecule has 5 heterocycles. The van der Waals surface area contributed by atoms with E-state index in [0.29, 0.717) is 0 Å². The predicted octanol–water partition coefficient (Wildman–Crippen LogP) is 3.89. The Morgan fingerprint density at radius 2 is 1.37 bits per heavy atom. The maximum absolute atomic E-state index is 4.61. The predicted molar refractivity (Wildman–Crippen MR) is 113 cm³/mol. The van der Waals surface area contributed by atoms with Crippen molar-refractivity contribution in [2.75, 3.05) is 36.0 Å². The van der Waals surface area contributed by atoms with Crippen LogP contribution in [-0.2, 0) is 6.42 Å². The molecule has 0 N–H and O–H groups in total. The summed E-state index contributed by atoms with van der Waals surface area (Å²) in [7, 11) is 0. The second-order valence-corrected chi connectivity index (χ2v) is 9.08. The number of aromatic nitrogens is 4. The first-order valence-corrected chi connectivity index (χ1v) is 10.8. The number of aryl methyl sites for hydroxylation is 2. The van der Waals surface area contributed by atoms with Gasteiger partial charge in [-0.3, -0.25) is 0 Å². The van der Waals surface area contributed by atoms with Crippen molar-refractivity contribution in [2.24, 2.45) is 0 Å². The molecule has 0 aromatic carbocycles. The minimum absolute atomic E-state index is 0.928. The number of anilines is 2. The molecule has 1 aliphatic heterocycles. The van der Waals surface area contributed by atoms with Gasteiger partial charge in [0.25, 0.3) is 0 Å². The molecule has 4 aromatic heterocycles. The van der Waals surface area contributed by atoms with Crippen LogP contribution < -0.4 is 9.80 Å². The molecule has 8 heteroatoms. The molecule has 1 aliphatic rings. The van der Waals surface area contributed by atoms with Gasteiger partial charge in [-0.05, 0) is 25.5 Å². The van der Waals surface area contributed by atoms with Gasteiger partial charge in [0.15, 0.2) is 0 Å². The number of hydrogen-bond donors (Lipinski definition) is 0. The van der Waals surface area contributed by atoms with E-state index in [9.17, 15) is 0 Å². The number of piperazine rings is 1. The van der Waals surface area contributed by atoms with Crippen molar-refractivity contribution >= 4 is 54.7 Å². The summed E-state index contributed by atoms with van der Waals surface area (Å²) in [6.07, 6.45) is 4.42. The van der Waals surface area contributed by atoms with Gasteiger partial charge in [-0.15, -0.1) is 22.7 Å². The molecule has 6 nitrogen and oxygen atoms in total. The van der Waals surface area contributed by atoms with E-state index in [0.717, 1.165) is 53.9 Å². The van der Waals surface area contributed by atoms with Crippen molar-refractivity contribution in [1.29, 1.82) is 0 Å². The third-order valence-corrected chi connectivity index (χ3v) is 7.16. The summed E-state index contributed by atoms with van der Waals surface area (Å²) in [5.41, 5.74) is 0. The summed E-state index contributed by atoms with van der Waals surface area (Å²) < 4.78 is 0. The van der Waals surface area contributed by atoms with Crippen molar-refractivity contribution < 1.29 is 0 Å². The van der Waals surface area contributed by atoms with Crippen LogP contribution in [0.3, 0.4) is 0 Å². The van der Waals surface area contributed by atoms with E-state index in [2.05, 4.69) is 55.7 Å². The molecule has 0 unspecified atom stereocenters. The SMILES string of the molecule is CCc1cc2c(N3CCN(c4ncnc5sc(C)cc45)CC3)ncnc2s1. The first kappa shape index (κ1) is 16.8. The Balaban J connectivity index is 1.41. The van der Waals surface area contributed by atoms with Crippen LogP contribution in [0.25, 0.3) is 20.4 Å². The minimum Gasteiger partial charge on any atom is -0.352 e. The van der Waals surface area contributed by atoms with Gasteiger partial charge in [0.2, 0.25) is 0 Å². The lowest BCUT2D eigenvalue weighted by Crippen LogP contribution is -2.47.